The topological polar surface area (TPSA) is 206 Å². The summed E-state index contributed by atoms with van der Waals surface area (Å²) >= 11 is 6.02. The second kappa shape index (κ2) is 13.5. The molecule has 1 aliphatic heterocycles. The van der Waals surface area contributed by atoms with E-state index < -0.39 is 0 Å². The van der Waals surface area contributed by atoms with Crippen LogP contribution in [0.25, 0.3) is 0 Å². The number of nitrogens with one attached hydrogen (secondary N) is 4. The van der Waals surface area contributed by atoms with Gasteiger partial charge in [0, 0.05) is 29.4 Å². The van der Waals surface area contributed by atoms with Gasteiger partial charge in [-0.2, -0.15) is 24.9 Å². The number of ether oxygens (including phenoxy) is 1. The minimum atomic E-state index is -0.181. The number of hydrogen-bond donors (Lipinski definition) is 7. The van der Waals surface area contributed by atoms with Gasteiger partial charge < -0.3 is 42.6 Å². The number of rotatable bonds is 10. The van der Waals surface area contributed by atoms with Crippen molar-refractivity contribution in [3.05, 3.63) is 88.9 Å². The van der Waals surface area contributed by atoms with E-state index in [2.05, 4.69) is 46.2 Å². The zero-order chi connectivity index (χ0) is 32.0. The van der Waals surface area contributed by atoms with Crippen LogP contribution < -0.4 is 37.5 Å². The number of benzene rings is 3. The molecular weight excluding hydrogens is 608 g/mol. The molecule has 0 saturated heterocycles. The van der Waals surface area contributed by atoms with E-state index in [0.717, 1.165) is 34.0 Å². The maximum absolute atomic E-state index is 9.28. The van der Waals surface area contributed by atoms with Gasteiger partial charge in [-0.3, -0.25) is 0 Å². The Morgan fingerprint density at radius 3 is 2.11 bits per heavy atom. The van der Waals surface area contributed by atoms with Crippen LogP contribution in [0, 0.1) is 0 Å². The van der Waals surface area contributed by atoms with Gasteiger partial charge in [-0.25, -0.2) is 4.99 Å². The lowest BCUT2D eigenvalue weighted by molar-refractivity contribution is 0.311. The number of methoxy groups -OCH3 is 1. The van der Waals surface area contributed by atoms with E-state index in [-0.39, 0.29) is 31.0 Å². The molecule has 0 amide bonds. The Kier molecular flexibility index (Phi) is 8.89. The lowest BCUT2D eigenvalue weighted by Gasteiger charge is -2.19. The largest absolute Gasteiger partial charge is 0.497 e. The molecule has 46 heavy (non-hydrogen) atoms. The molecule has 3 aromatic carbocycles. The summed E-state index contributed by atoms with van der Waals surface area (Å²) in [6.45, 7) is 0.197. The summed E-state index contributed by atoms with van der Waals surface area (Å²) in [5.74, 6) is 2.36. The molecule has 1 aliphatic rings. The van der Waals surface area contributed by atoms with Crippen LogP contribution in [0.1, 0.15) is 23.6 Å². The predicted molar refractivity (Wildman–Crippen MR) is 181 cm³/mol. The number of aliphatic hydroxyl groups is 1. The molecule has 0 radical (unpaired) electrons. The lowest BCUT2D eigenvalue weighted by atomic mass is 9.97. The highest BCUT2D eigenvalue weighted by Gasteiger charge is 2.24. The Morgan fingerprint density at radius 2 is 1.48 bits per heavy atom. The summed E-state index contributed by atoms with van der Waals surface area (Å²) in [6, 6.07) is 22.5. The standard InChI is InChI=1S/C31H31ClN12O2/c1-46-22-12-4-18(5-13-22)24-16-23(38-25-26(33)40-28(34)41-27(25)39-24)17-2-8-20(9-3-17)36-30-42-29(35-14-15-45)43-31(44-30)37-21-10-6-19(32)7-11-21/h2-13,24,45H,14-16H2,1H3,(H5,33,34,39,40,41)(H3,35,36,37,42,43,44). The van der Waals surface area contributed by atoms with Gasteiger partial charge in [0.1, 0.15) is 11.4 Å². The summed E-state index contributed by atoms with van der Waals surface area (Å²) in [7, 11) is 1.63. The van der Waals surface area contributed by atoms with Gasteiger partial charge in [-0.1, -0.05) is 35.9 Å². The molecular formula is C31H31ClN12O2. The fraction of sp³-hybridized carbons (Fsp3) is 0.161. The van der Waals surface area contributed by atoms with Crippen LogP contribution in [0.4, 0.5) is 52.5 Å². The molecule has 0 aliphatic carbocycles. The van der Waals surface area contributed by atoms with E-state index in [4.69, 9.17) is 32.8 Å². The van der Waals surface area contributed by atoms with Crippen molar-refractivity contribution in [1.82, 2.24) is 24.9 Å². The fourth-order valence-electron chi connectivity index (χ4n) is 4.78. The molecule has 15 heteroatoms. The number of nitrogens with zero attached hydrogens (tertiary/aromatic N) is 6. The molecule has 1 unspecified atom stereocenters. The van der Waals surface area contributed by atoms with Gasteiger partial charge in [-0.05, 0) is 59.7 Å². The van der Waals surface area contributed by atoms with Crippen molar-refractivity contribution >= 4 is 69.8 Å². The van der Waals surface area contributed by atoms with Crippen LogP contribution in [0.15, 0.2) is 77.8 Å². The fourth-order valence-corrected chi connectivity index (χ4v) is 4.91. The molecule has 2 aromatic heterocycles. The lowest BCUT2D eigenvalue weighted by Crippen LogP contribution is -2.15. The third kappa shape index (κ3) is 7.14. The first-order chi connectivity index (χ1) is 22.4. The van der Waals surface area contributed by atoms with Crippen LogP contribution in [0.5, 0.6) is 5.75 Å². The molecule has 0 saturated carbocycles. The van der Waals surface area contributed by atoms with E-state index in [9.17, 15) is 5.11 Å². The molecule has 1 atom stereocenters. The Balaban J connectivity index is 1.27. The second-order valence-corrected chi connectivity index (χ2v) is 10.6. The number of aromatic nitrogens is 5. The third-order valence-corrected chi connectivity index (χ3v) is 7.26. The Hall–Kier alpha value is -5.73. The minimum absolute atomic E-state index is 0.0610. The minimum Gasteiger partial charge on any atom is -0.497 e. The molecule has 6 rings (SSSR count). The van der Waals surface area contributed by atoms with Gasteiger partial charge in [0.05, 0.1) is 25.5 Å². The molecule has 0 fully saturated rings. The quantitative estimate of drug-likeness (QED) is 0.107. The van der Waals surface area contributed by atoms with Crippen LogP contribution in [0.2, 0.25) is 5.02 Å². The van der Waals surface area contributed by atoms with Crippen LogP contribution >= 0.6 is 11.6 Å². The van der Waals surface area contributed by atoms with Crippen molar-refractivity contribution in [2.24, 2.45) is 4.99 Å². The van der Waals surface area contributed by atoms with Crippen molar-refractivity contribution in [1.29, 1.82) is 0 Å². The number of hydrogen-bond acceptors (Lipinski definition) is 14. The van der Waals surface area contributed by atoms with Crippen molar-refractivity contribution in [2.45, 2.75) is 12.5 Å². The third-order valence-electron chi connectivity index (χ3n) is 7.01. The summed E-state index contributed by atoms with van der Waals surface area (Å²) < 4.78 is 5.34. The summed E-state index contributed by atoms with van der Waals surface area (Å²) in [5, 5.41) is 22.7. The number of fused-ring (bicyclic) bond motifs is 1. The van der Waals surface area contributed by atoms with Crippen molar-refractivity contribution in [3.63, 3.8) is 0 Å². The van der Waals surface area contributed by atoms with E-state index >= 15 is 0 Å². The molecule has 3 heterocycles. The van der Waals surface area contributed by atoms with Gasteiger partial charge in [0.15, 0.2) is 11.6 Å². The highest BCUT2D eigenvalue weighted by Crippen LogP contribution is 2.38. The van der Waals surface area contributed by atoms with E-state index in [1.54, 1.807) is 19.2 Å². The number of aliphatic imine (C=N–C) groups is 1. The number of aliphatic hydroxyl groups excluding tert-OH is 1. The van der Waals surface area contributed by atoms with Crippen LogP contribution in [-0.4, -0.2) is 56.0 Å². The average Bonchev–Trinajstić information content (AvgIpc) is 3.25. The van der Waals surface area contributed by atoms with E-state index in [0.29, 0.717) is 40.8 Å². The number of anilines is 8. The van der Waals surface area contributed by atoms with Crippen LogP contribution in [-0.2, 0) is 0 Å². The highest BCUT2D eigenvalue weighted by molar-refractivity contribution is 6.30. The zero-order valence-corrected chi connectivity index (χ0v) is 25.5. The van der Waals surface area contributed by atoms with Gasteiger partial charge in [0.2, 0.25) is 23.8 Å². The first kappa shape index (κ1) is 30.3. The maximum atomic E-state index is 9.28. The summed E-state index contributed by atoms with van der Waals surface area (Å²) in [5.41, 5.74) is 16.7. The Morgan fingerprint density at radius 1 is 0.848 bits per heavy atom. The van der Waals surface area contributed by atoms with Crippen molar-refractivity contribution in [2.75, 3.05) is 53.0 Å². The van der Waals surface area contributed by atoms with Crippen molar-refractivity contribution < 1.29 is 9.84 Å². The molecule has 5 aromatic rings. The smallest absolute Gasteiger partial charge is 0.233 e. The van der Waals surface area contributed by atoms with Crippen LogP contribution in [0.3, 0.4) is 0 Å². The number of nitrogen functional groups attached to an aromatic ring is 2. The molecule has 9 N–H and O–H groups in total. The van der Waals surface area contributed by atoms with E-state index in [1.165, 1.54) is 0 Å². The number of nitrogens with two attached hydrogens (primary N) is 2. The Bertz CT molecular complexity index is 1850. The first-order valence-electron chi connectivity index (χ1n) is 14.3. The monoisotopic (exact) mass is 638 g/mol. The van der Waals surface area contributed by atoms with Gasteiger partial charge in [-0.15, -0.1) is 0 Å². The molecule has 234 valence electrons. The normalized spacial score (nSPS) is 13.9. The first-order valence-corrected chi connectivity index (χ1v) is 14.7. The Labute approximate surface area is 269 Å². The second-order valence-electron chi connectivity index (χ2n) is 10.2. The summed E-state index contributed by atoms with van der Waals surface area (Å²) in [4.78, 5) is 26.8. The molecule has 0 bridgehead atoms. The summed E-state index contributed by atoms with van der Waals surface area (Å²) in [6.07, 6.45) is 0.530. The molecule has 0 spiro atoms. The highest BCUT2D eigenvalue weighted by atomic mass is 35.5. The maximum Gasteiger partial charge on any atom is 0.233 e. The van der Waals surface area contributed by atoms with Crippen molar-refractivity contribution in [3.8, 4) is 5.75 Å². The number of halogens is 1. The predicted octanol–water partition coefficient (Wildman–Crippen LogP) is 5.06. The molecule has 14 nitrogen and oxygen atoms in total. The SMILES string of the molecule is COc1ccc(C2CC(c3ccc(Nc4nc(NCCO)nc(Nc5ccc(Cl)cc5)n4)cc3)=Nc3c(N)nc(N)nc3N2)cc1. The van der Waals surface area contributed by atoms with E-state index in [1.807, 2.05) is 60.7 Å². The van der Waals surface area contributed by atoms with Gasteiger partial charge >= 0.3 is 0 Å². The average molecular weight is 639 g/mol. The van der Waals surface area contributed by atoms with Gasteiger partial charge in [0.25, 0.3) is 0 Å². The zero-order valence-electron chi connectivity index (χ0n) is 24.7.